The first-order valence-corrected chi connectivity index (χ1v) is 7.00. The van der Waals surface area contributed by atoms with E-state index in [-0.39, 0.29) is 5.69 Å². The molecule has 1 heterocycles. The number of benzene rings is 1. The minimum atomic E-state index is -1.25. The van der Waals surface area contributed by atoms with Crippen LogP contribution in [0.5, 0.6) is 0 Å². The molecule has 0 N–H and O–H groups in total. The minimum Gasteiger partial charge on any atom is -0.302 e. The lowest BCUT2D eigenvalue weighted by Gasteiger charge is -2.08. The Morgan fingerprint density at radius 2 is 2.21 bits per heavy atom. The highest BCUT2D eigenvalue weighted by atomic mass is 32.2. The van der Waals surface area contributed by atoms with Gasteiger partial charge in [0.2, 0.25) is 5.16 Å². The zero-order valence-electron chi connectivity index (χ0n) is 10.4. The van der Waals surface area contributed by atoms with Crippen LogP contribution >= 0.6 is 0 Å². The summed E-state index contributed by atoms with van der Waals surface area (Å²) in [6.45, 7) is 2.05. The van der Waals surface area contributed by atoms with E-state index >= 15 is 0 Å². The Kier molecular flexibility index (Phi) is 3.70. The topological polar surface area (TPSA) is 90.9 Å². The summed E-state index contributed by atoms with van der Waals surface area (Å²) in [6.07, 6.45) is 2.98. The molecule has 0 aliphatic carbocycles. The molecule has 0 saturated carbocycles. The predicted octanol–water partition coefficient (Wildman–Crippen LogP) is 1.28. The third-order valence-electron chi connectivity index (χ3n) is 2.79. The van der Waals surface area contributed by atoms with Gasteiger partial charge in [0.05, 0.1) is 22.3 Å². The molecule has 0 spiro atoms. The minimum absolute atomic E-state index is 0.0738. The van der Waals surface area contributed by atoms with Gasteiger partial charge < -0.3 is 4.57 Å². The number of hydrogen-bond donors (Lipinski definition) is 0. The molecule has 0 aliphatic rings. The van der Waals surface area contributed by atoms with Crippen molar-refractivity contribution in [1.82, 2.24) is 14.8 Å². The summed E-state index contributed by atoms with van der Waals surface area (Å²) in [5.74, 6) is 0. The fourth-order valence-corrected chi connectivity index (χ4v) is 2.40. The van der Waals surface area contributed by atoms with Crippen LogP contribution in [0.3, 0.4) is 0 Å². The van der Waals surface area contributed by atoms with Crippen LogP contribution in [0.15, 0.2) is 29.7 Å². The average molecular weight is 280 g/mol. The van der Waals surface area contributed by atoms with Gasteiger partial charge in [-0.05, 0) is 12.5 Å². The van der Waals surface area contributed by atoms with Crippen molar-refractivity contribution in [2.24, 2.45) is 0 Å². The van der Waals surface area contributed by atoms with Gasteiger partial charge in [0.1, 0.15) is 6.33 Å². The van der Waals surface area contributed by atoms with Gasteiger partial charge in [-0.25, -0.2) is 0 Å². The molecule has 0 aliphatic heterocycles. The second kappa shape index (κ2) is 5.27. The number of nitro groups is 1. The predicted molar refractivity (Wildman–Crippen MR) is 69.3 cm³/mol. The first-order valence-electron chi connectivity index (χ1n) is 5.45. The van der Waals surface area contributed by atoms with E-state index in [4.69, 9.17) is 0 Å². The van der Waals surface area contributed by atoms with Crippen LogP contribution in [0.4, 0.5) is 5.69 Å². The first-order chi connectivity index (χ1) is 9.00. The Hall–Kier alpha value is -2.09. The van der Waals surface area contributed by atoms with Crippen molar-refractivity contribution in [3.63, 3.8) is 0 Å². The summed E-state index contributed by atoms with van der Waals surface area (Å²) in [5.41, 5.74) is 1.44. The molecular weight excluding hydrogens is 268 g/mol. The van der Waals surface area contributed by atoms with Crippen molar-refractivity contribution < 1.29 is 9.13 Å². The summed E-state index contributed by atoms with van der Waals surface area (Å²) in [6, 6.07) is 4.89. The maximum absolute atomic E-state index is 11.5. The average Bonchev–Trinajstić information content (AvgIpc) is 2.79. The summed E-state index contributed by atoms with van der Waals surface area (Å²) in [5, 5.41) is 18.7. The highest BCUT2D eigenvalue weighted by Crippen LogP contribution is 2.22. The normalized spacial score (nSPS) is 12.3. The number of hydrogen-bond acceptors (Lipinski definition) is 5. The molecule has 1 aromatic carbocycles. The molecule has 2 aromatic rings. The lowest BCUT2D eigenvalue weighted by atomic mass is 10.1. The molecule has 0 saturated heterocycles. The smallest absolute Gasteiger partial charge is 0.272 e. The van der Waals surface area contributed by atoms with E-state index in [1.54, 1.807) is 23.6 Å². The Balaban J connectivity index is 2.39. The van der Waals surface area contributed by atoms with Crippen LogP contribution in [0.1, 0.15) is 11.1 Å². The van der Waals surface area contributed by atoms with Crippen molar-refractivity contribution in [2.45, 2.75) is 18.6 Å². The monoisotopic (exact) mass is 280 g/mol. The maximum atomic E-state index is 11.5. The Morgan fingerprint density at radius 3 is 2.84 bits per heavy atom. The third-order valence-corrected chi connectivity index (χ3v) is 3.62. The summed E-state index contributed by atoms with van der Waals surface area (Å²) in [7, 11) is -1.25. The standard InChI is InChI=1S/C11H12N4O3S/c1-8-9(4-3-5-10(8)15(16)17)6-14-7-12-13-11(14)19(2)18/h3-5,7H,6H2,1-2H3/t19-/m1/s1. The van der Waals surface area contributed by atoms with Gasteiger partial charge in [-0.2, -0.15) is 0 Å². The summed E-state index contributed by atoms with van der Waals surface area (Å²) < 4.78 is 13.1. The van der Waals surface area contributed by atoms with E-state index in [9.17, 15) is 14.3 Å². The molecule has 7 nitrogen and oxygen atoms in total. The van der Waals surface area contributed by atoms with Crippen LogP contribution in [0.25, 0.3) is 0 Å². The Bertz CT molecular complexity index is 653. The largest absolute Gasteiger partial charge is 0.302 e. The van der Waals surface area contributed by atoms with E-state index in [2.05, 4.69) is 10.2 Å². The lowest BCUT2D eigenvalue weighted by molar-refractivity contribution is -0.385. The number of aromatic nitrogens is 3. The zero-order valence-corrected chi connectivity index (χ0v) is 11.3. The van der Waals surface area contributed by atoms with Crippen LogP contribution in [-0.4, -0.2) is 30.2 Å². The van der Waals surface area contributed by atoms with E-state index in [0.717, 1.165) is 5.56 Å². The van der Waals surface area contributed by atoms with Crippen LogP contribution in [0, 0.1) is 17.0 Å². The van der Waals surface area contributed by atoms with Crippen molar-refractivity contribution in [1.29, 1.82) is 0 Å². The number of nitrogens with zero attached hydrogens (tertiary/aromatic N) is 4. The first kappa shape index (κ1) is 13.3. The molecule has 0 unspecified atom stereocenters. The van der Waals surface area contributed by atoms with E-state index in [0.29, 0.717) is 17.3 Å². The van der Waals surface area contributed by atoms with Gasteiger partial charge in [-0.1, -0.05) is 12.1 Å². The molecule has 0 fully saturated rings. The van der Waals surface area contributed by atoms with Gasteiger partial charge in [-0.3, -0.25) is 14.3 Å². The van der Waals surface area contributed by atoms with E-state index in [1.807, 2.05) is 0 Å². The highest BCUT2D eigenvalue weighted by molar-refractivity contribution is 7.84. The highest BCUT2D eigenvalue weighted by Gasteiger charge is 2.15. The van der Waals surface area contributed by atoms with Crippen LogP contribution < -0.4 is 0 Å². The third kappa shape index (κ3) is 2.68. The second-order valence-corrected chi connectivity index (χ2v) is 5.29. The SMILES string of the molecule is Cc1c(Cn2cnnc2[S@@](C)=O)cccc1[N+](=O)[O-]. The summed E-state index contributed by atoms with van der Waals surface area (Å²) in [4.78, 5) is 10.5. The second-order valence-electron chi connectivity index (χ2n) is 4.01. The molecule has 100 valence electrons. The van der Waals surface area contributed by atoms with Crippen LogP contribution in [-0.2, 0) is 17.3 Å². The Morgan fingerprint density at radius 1 is 1.47 bits per heavy atom. The molecule has 1 atom stereocenters. The number of rotatable bonds is 4. The van der Waals surface area contributed by atoms with Crippen molar-refractivity contribution in [3.05, 3.63) is 45.8 Å². The van der Waals surface area contributed by atoms with Gasteiger partial charge >= 0.3 is 0 Å². The molecular formula is C11H12N4O3S. The zero-order chi connectivity index (χ0) is 14.0. The molecule has 0 radical (unpaired) electrons. The van der Waals surface area contributed by atoms with Gasteiger partial charge in [0.25, 0.3) is 5.69 Å². The molecule has 19 heavy (non-hydrogen) atoms. The van der Waals surface area contributed by atoms with Crippen molar-refractivity contribution in [3.8, 4) is 0 Å². The number of nitro benzene ring substituents is 1. The van der Waals surface area contributed by atoms with Crippen molar-refractivity contribution >= 4 is 16.5 Å². The van der Waals surface area contributed by atoms with Gasteiger partial charge in [0.15, 0.2) is 0 Å². The van der Waals surface area contributed by atoms with E-state index < -0.39 is 15.7 Å². The van der Waals surface area contributed by atoms with Gasteiger partial charge in [-0.15, -0.1) is 10.2 Å². The quantitative estimate of drug-likeness (QED) is 0.621. The van der Waals surface area contributed by atoms with Crippen molar-refractivity contribution in [2.75, 3.05) is 6.26 Å². The molecule has 0 bridgehead atoms. The molecule has 8 heteroatoms. The molecule has 0 amide bonds. The summed E-state index contributed by atoms with van der Waals surface area (Å²) >= 11 is 0. The lowest BCUT2D eigenvalue weighted by Crippen LogP contribution is -2.07. The fourth-order valence-electron chi connectivity index (χ4n) is 1.80. The molecule has 2 rings (SSSR count). The molecule has 1 aromatic heterocycles. The van der Waals surface area contributed by atoms with Crippen LogP contribution in [0.2, 0.25) is 0 Å². The maximum Gasteiger partial charge on any atom is 0.272 e. The Labute approximate surface area is 111 Å². The van der Waals surface area contributed by atoms with Gasteiger partial charge in [0, 0.05) is 17.9 Å². The fraction of sp³-hybridized carbons (Fsp3) is 0.273. The van der Waals surface area contributed by atoms with E-state index in [1.165, 1.54) is 18.6 Å².